The summed E-state index contributed by atoms with van der Waals surface area (Å²) in [7, 11) is 0. The molecule has 3 rings (SSSR count). The average molecular weight is 245 g/mol. The van der Waals surface area contributed by atoms with Crippen molar-refractivity contribution in [1.82, 2.24) is 19.9 Å². The summed E-state index contributed by atoms with van der Waals surface area (Å²) in [6.45, 7) is 0.480. The summed E-state index contributed by atoms with van der Waals surface area (Å²) < 4.78 is 1.64. The lowest BCUT2D eigenvalue weighted by molar-refractivity contribution is 0.0935. The maximum atomic E-state index is 12.2. The first-order valence-electron chi connectivity index (χ1n) is 6.08. The second-order valence-electron chi connectivity index (χ2n) is 4.62. The Kier molecular flexibility index (Phi) is 2.71. The van der Waals surface area contributed by atoms with E-state index in [1.807, 2.05) is 0 Å². The molecule has 1 fully saturated rings. The molecule has 1 aliphatic carbocycles. The van der Waals surface area contributed by atoms with E-state index in [0.29, 0.717) is 23.5 Å². The van der Waals surface area contributed by atoms with Gasteiger partial charge >= 0.3 is 0 Å². The zero-order chi connectivity index (χ0) is 12.5. The van der Waals surface area contributed by atoms with Crippen LogP contribution in [-0.2, 0) is 0 Å². The van der Waals surface area contributed by atoms with Crippen molar-refractivity contribution in [2.75, 3.05) is 6.54 Å². The van der Waals surface area contributed by atoms with E-state index in [9.17, 15) is 4.79 Å². The number of carbonyl (C=O) groups excluding carboxylic acids is 1. The minimum Gasteiger partial charge on any atom is -0.348 e. The van der Waals surface area contributed by atoms with Gasteiger partial charge in [0.15, 0.2) is 0 Å². The van der Waals surface area contributed by atoms with Gasteiger partial charge in [-0.25, -0.2) is 4.52 Å². The quantitative estimate of drug-likeness (QED) is 0.805. The van der Waals surface area contributed by atoms with Gasteiger partial charge in [0.05, 0.1) is 23.5 Å². The van der Waals surface area contributed by atoms with E-state index in [-0.39, 0.29) is 11.9 Å². The highest BCUT2D eigenvalue weighted by molar-refractivity contribution is 6.00. The topological polar surface area (TPSA) is 85.3 Å². The number of hydrogen-bond donors (Lipinski definition) is 2. The third kappa shape index (κ3) is 1.95. The molecule has 0 aromatic carbocycles. The van der Waals surface area contributed by atoms with Crippen molar-refractivity contribution in [2.24, 2.45) is 11.7 Å². The molecule has 2 heterocycles. The highest BCUT2D eigenvalue weighted by Gasteiger charge is 2.31. The molecule has 0 bridgehead atoms. The number of nitrogens with one attached hydrogen (secondary N) is 1. The number of nitrogens with two attached hydrogens (primary N) is 1. The molecule has 94 valence electrons. The van der Waals surface area contributed by atoms with Gasteiger partial charge in [-0.15, -0.1) is 0 Å². The Balaban J connectivity index is 1.83. The summed E-state index contributed by atoms with van der Waals surface area (Å²) >= 11 is 0. The van der Waals surface area contributed by atoms with Crippen LogP contribution in [0.2, 0.25) is 0 Å². The molecule has 0 radical (unpaired) electrons. The smallest absolute Gasteiger partial charge is 0.255 e. The lowest BCUT2D eigenvalue weighted by Crippen LogP contribution is -2.41. The van der Waals surface area contributed by atoms with Crippen LogP contribution in [0.15, 0.2) is 24.8 Å². The maximum Gasteiger partial charge on any atom is 0.255 e. The van der Waals surface area contributed by atoms with E-state index in [2.05, 4.69) is 15.4 Å². The van der Waals surface area contributed by atoms with Gasteiger partial charge in [-0.3, -0.25) is 9.78 Å². The summed E-state index contributed by atoms with van der Waals surface area (Å²) in [5, 5.41) is 7.10. The van der Waals surface area contributed by atoms with E-state index < -0.39 is 0 Å². The van der Waals surface area contributed by atoms with Gasteiger partial charge in [0.25, 0.3) is 5.91 Å². The molecule has 1 unspecified atom stereocenters. The summed E-state index contributed by atoms with van der Waals surface area (Å²) in [6.07, 6.45) is 8.85. The number of rotatable bonds is 4. The summed E-state index contributed by atoms with van der Waals surface area (Å²) in [5.74, 6) is 0.416. The van der Waals surface area contributed by atoms with E-state index in [4.69, 9.17) is 5.73 Å². The highest BCUT2D eigenvalue weighted by Crippen LogP contribution is 2.32. The predicted octanol–water partition coefficient (Wildman–Crippen LogP) is 0.196. The highest BCUT2D eigenvalue weighted by atomic mass is 16.1. The van der Waals surface area contributed by atoms with E-state index in [1.54, 1.807) is 29.3 Å². The zero-order valence-electron chi connectivity index (χ0n) is 9.91. The molecular formula is C12H15N5O. The lowest BCUT2D eigenvalue weighted by Gasteiger charge is -2.15. The van der Waals surface area contributed by atoms with Crippen molar-refractivity contribution < 1.29 is 4.79 Å². The van der Waals surface area contributed by atoms with Crippen molar-refractivity contribution >= 4 is 11.4 Å². The van der Waals surface area contributed by atoms with Crippen LogP contribution in [0.3, 0.4) is 0 Å². The Labute approximate surface area is 104 Å². The summed E-state index contributed by atoms with van der Waals surface area (Å²) in [5.41, 5.74) is 6.93. The molecule has 0 saturated heterocycles. The molecular weight excluding hydrogens is 230 g/mol. The van der Waals surface area contributed by atoms with Gasteiger partial charge in [0.1, 0.15) is 0 Å². The minimum atomic E-state index is -0.125. The molecule has 18 heavy (non-hydrogen) atoms. The van der Waals surface area contributed by atoms with Crippen LogP contribution in [0.1, 0.15) is 23.2 Å². The van der Waals surface area contributed by atoms with Crippen molar-refractivity contribution in [1.29, 1.82) is 0 Å². The first-order chi connectivity index (χ1) is 8.79. The van der Waals surface area contributed by atoms with Crippen molar-refractivity contribution in [2.45, 2.75) is 18.9 Å². The molecule has 2 aromatic rings. The fourth-order valence-corrected chi connectivity index (χ4v) is 2.12. The number of nitrogens with zero attached hydrogens (tertiary/aromatic N) is 3. The zero-order valence-corrected chi connectivity index (χ0v) is 9.91. The number of aromatic nitrogens is 3. The van der Waals surface area contributed by atoms with Crippen LogP contribution < -0.4 is 11.1 Å². The third-order valence-electron chi connectivity index (χ3n) is 3.33. The van der Waals surface area contributed by atoms with Crippen LogP contribution in [0, 0.1) is 5.92 Å². The molecule has 2 aromatic heterocycles. The van der Waals surface area contributed by atoms with Crippen molar-refractivity contribution in [3.05, 3.63) is 30.4 Å². The second kappa shape index (κ2) is 4.38. The Hall–Kier alpha value is -1.95. The maximum absolute atomic E-state index is 12.2. The first kappa shape index (κ1) is 11.2. The fraction of sp³-hybridized carbons (Fsp3) is 0.417. The van der Waals surface area contributed by atoms with E-state index in [0.717, 1.165) is 12.8 Å². The Morgan fingerprint density at radius 2 is 2.39 bits per heavy atom. The SMILES string of the molecule is NCC(NC(=O)c1cnn2ccncc12)C1CC1. The molecule has 6 nitrogen and oxygen atoms in total. The van der Waals surface area contributed by atoms with Crippen LogP contribution >= 0.6 is 0 Å². The number of carbonyl (C=O) groups is 1. The Morgan fingerprint density at radius 1 is 1.56 bits per heavy atom. The van der Waals surface area contributed by atoms with E-state index in [1.165, 1.54) is 0 Å². The van der Waals surface area contributed by atoms with Crippen molar-refractivity contribution in [3.63, 3.8) is 0 Å². The van der Waals surface area contributed by atoms with Gasteiger partial charge in [-0.1, -0.05) is 0 Å². The van der Waals surface area contributed by atoms with Crippen LogP contribution in [-0.4, -0.2) is 33.1 Å². The second-order valence-corrected chi connectivity index (χ2v) is 4.62. The molecule has 6 heteroatoms. The van der Waals surface area contributed by atoms with Gasteiger partial charge in [0.2, 0.25) is 0 Å². The molecule has 1 aliphatic rings. The third-order valence-corrected chi connectivity index (χ3v) is 3.33. The molecule has 0 spiro atoms. The molecule has 1 saturated carbocycles. The summed E-state index contributed by atoms with van der Waals surface area (Å²) in [6, 6.07) is 0.0733. The largest absolute Gasteiger partial charge is 0.348 e. The van der Waals surface area contributed by atoms with Gasteiger partial charge in [-0.05, 0) is 18.8 Å². The normalized spacial score (nSPS) is 16.7. The van der Waals surface area contributed by atoms with Gasteiger partial charge < -0.3 is 11.1 Å². The minimum absolute atomic E-state index is 0.0733. The Morgan fingerprint density at radius 3 is 3.11 bits per heavy atom. The Bertz CT molecular complexity index is 575. The van der Waals surface area contributed by atoms with Crippen molar-refractivity contribution in [3.8, 4) is 0 Å². The van der Waals surface area contributed by atoms with Crippen LogP contribution in [0.5, 0.6) is 0 Å². The molecule has 1 amide bonds. The lowest BCUT2D eigenvalue weighted by atomic mass is 10.1. The fourth-order valence-electron chi connectivity index (χ4n) is 2.12. The molecule has 3 N–H and O–H groups in total. The van der Waals surface area contributed by atoms with Crippen LogP contribution in [0.4, 0.5) is 0 Å². The number of fused-ring (bicyclic) bond motifs is 1. The van der Waals surface area contributed by atoms with Gasteiger partial charge in [-0.2, -0.15) is 5.10 Å². The van der Waals surface area contributed by atoms with Crippen LogP contribution in [0.25, 0.3) is 5.52 Å². The molecule has 1 atom stereocenters. The monoisotopic (exact) mass is 245 g/mol. The predicted molar refractivity (Wildman–Crippen MR) is 66.0 cm³/mol. The number of amides is 1. The van der Waals surface area contributed by atoms with Gasteiger partial charge in [0, 0.05) is 25.0 Å². The number of hydrogen-bond acceptors (Lipinski definition) is 4. The van der Waals surface area contributed by atoms with E-state index >= 15 is 0 Å². The average Bonchev–Trinajstić information content (AvgIpc) is 3.14. The standard InChI is InChI=1S/C12H15N5O/c13-5-10(8-1-2-8)16-12(18)9-6-15-17-4-3-14-7-11(9)17/h3-4,6-8,10H,1-2,5,13H2,(H,16,18). The summed E-state index contributed by atoms with van der Waals surface area (Å²) in [4.78, 5) is 16.2. The molecule has 0 aliphatic heterocycles. The first-order valence-corrected chi connectivity index (χ1v) is 6.08.